The largest absolute Gasteiger partial charge is 0.441 e. The van der Waals surface area contributed by atoms with Crippen LogP contribution in [0.5, 0.6) is 0 Å². The number of halogens is 2. The third-order valence-electron chi connectivity index (χ3n) is 4.40. The molecule has 2 N–H and O–H groups in total. The predicted molar refractivity (Wildman–Crippen MR) is 99.2 cm³/mol. The van der Waals surface area contributed by atoms with Crippen molar-refractivity contribution in [3.05, 3.63) is 23.8 Å². The number of ether oxygens (including phenoxy) is 1. The minimum atomic E-state index is -3.73. The second-order valence-electron chi connectivity index (χ2n) is 6.62. The second-order valence-corrected chi connectivity index (χ2v) is 8.27. The van der Waals surface area contributed by atoms with Gasteiger partial charge in [0.05, 0.1) is 31.6 Å². The van der Waals surface area contributed by atoms with Gasteiger partial charge in [-0.2, -0.15) is 8.42 Å². The lowest BCUT2D eigenvalue weighted by Crippen LogP contribution is -2.38. The first kappa shape index (κ1) is 22.0. The molecule has 1 atom stereocenters. The minimum Gasteiger partial charge on any atom is -0.441 e. The summed E-state index contributed by atoms with van der Waals surface area (Å²) in [7, 11) is -3.73. The molecule has 0 aliphatic carbocycles. The van der Waals surface area contributed by atoms with E-state index in [-0.39, 0.29) is 44.2 Å². The molecule has 2 aliphatic rings. The summed E-state index contributed by atoms with van der Waals surface area (Å²) in [4.78, 5) is 30.7. The summed E-state index contributed by atoms with van der Waals surface area (Å²) < 4.78 is 61.2. The zero-order valence-corrected chi connectivity index (χ0v) is 16.7. The number of primary amides is 1. The molecular formula is C16H20F2N4O7S. The smallest absolute Gasteiger partial charge is 0.414 e. The van der Waals surface area contributed by atoms with E-state index in [0.29, 0.717) is 0 Å². The molecule has 2 heterocycles. The molecule has 0 saturated carbocycles. The van der Waals surface area contributed by atoms with E-state index >= 15 is 0 Å². The van der Waals surface area contributed by atoms with E-state index in [1.165, 1.54) is 4.90 Å². The third kappa shape index (κ3) is 5.06. The average Bonchev–Trinajstić information content (AvgIpc) is 2.84. The first-order valence-electron chi connectivity index (χ1n) is 8.81. The fourth-order valence-electron chi connectivity index (χ4n) is 3.08. The van der Waals surface area contributed by atoms with E-state index in [0.717, 1.165) is 28.4 Å². The Labute approximate surface area is 170 Å². The molecule has 30 heavy (non-hydrogen) atoms. The highest BCUT2D eigenvalue weighted by Crippen LogP contribution is 2.31. The number of benzene rings is 1. The Morgan fingerprint density at radius 3 is 2.53 bits per heavy atom. The Kier molecular flexibility index (Phi) is 6.28. The molecule has 0 unspecified atom stereocenters. The van der Waals surface area contributed by atoms with Crippen LogP contribution in [0, 0.1) is 11.6 Å². The molecule has 11 nitrogen and oxygen atoms in total. The van der Waals surface area contributed by atoms with Crippen molar-refractivity contribution in [2.24, 2.45) is 5.73 Å². The van der Waals surface area contributed by atoms with Crippen molar-refractivity contribution in [3.63, 3.8) is 0 Å². The number of nitrogens with two attached hydrogens (primary N) is 1. The number of rotatable bonds is 5. The Bertz CT molecular complexity index is 923. The van der Waals surface area contributed by atoms with Gasteiger partial charge < -0.3 is 15.4 Å². The van der Waals surface area contributed by atoms with Gasteiger partial charge in [0.2, 0.25) is 0 Å². The monoisotopic (exact) mass is 450 g/mol. The Balaban J connectivity index is 1.75. The van der Waals surface area contributed by atoms with Crippen LogP contribution in [0.4, 0.5) is 29.7 Å². The molecule has 2 saturated heterocycles. The van der Waals surface area contributed by atoms with Crippen molar-refractivity contribution in [2.75, 3.05) is 55.4 Å². The highest BCUT2D eigenvalue weighted by Gasteiger charge is 2.34. The number of hydrogen-bond donors (Lipinski definition) is 1. The van der Waals surface area contributed by atoms with Crippen molar-refractivity contribution in [3.8, 4) is 0 Å². The second kappa shape index (κ2) is 8.57. The van der Waals surface area contributed by atoms with Gasteiger partial charge in [0, 0.05) is 25.2 Å². The molecule has 14 heteroatoms. The summed E-state index contributed by atoms with van der Waals surface area (Å²) in [6, 6.07) is 1.13. The van der Waals surface area contributed by atoms with Crippen LogP contribution in [-0.4, -0.2) is 77.4 Å². The number of carbonyl (C=O) groups is 2. The number of anilines is 2. The Morgan fingerprint density at radius 2 is 1.93 bits per heavy atom. The lowest BCUT2D eigenvalue weighted by atomic mass is 10.2. The standard InChI is InChI=1S/C16H20F2N4O7S/c1-30(25,26)28-9-11-8-21(16(24)29-11)10-6-12(17)14(13(18)7-10)20-2-3-22(15(19)23)27-5-4-20/h6-7,11H,2-5,8-9H2,1H3,(H2,19,23)/t11-/m1/s1. The molecular weight excluding hydrogens is 430 g/mol. The van der Waals surface area contributed by atoms with Crippen molar-refractivity contribution in [2.45, 2.75) is 6.10 Å². The van der Waals surface area contributed by atoms with Gasteiger partial charge in [0.1, 0.15) is 18.4 Å². The average molecular weight is 450 g/mol. The van der Waals surface area contributed by atoms with Crippen LogP contribution in [0.1, 0.15) is 0 Å². The van der Waals surface area contributed by atoms with Crippen LogP contribution >= 0.6 is 0 Å². The summed E-state index contributed by atoms with van der Waals surface area (Å²) in [6.45, 7) is -0.368. The van der Waals surface area contributed by atoms with Crippen molar-refractivity contribution >= 4 is 33.6 Å². The number of carbonyl (C=O) groups excluding carboxylic acids is 2. The van der Waals surface area contributed by atoms with Gasteiger partial charge in [-0.05, 0) is 0 Å². The van der Waals surface area contributed by atoms with Crippen LogP contribution < -0.4 is 15.5 Å². The lowest BCUT2D eigenvalue weighted by molar-refractivity contribution is -0.102. The van der Waals surface area contributed by atoms with Crippen molar-refractivity contribution in [1.82, 2.24) is 5.06 Å². The van der Waals surface area contributed by atoms with E-state index in [1.807, 2.05) is 0 Å². The minimum absolute atomic E-state index is 0.00988. The van der Waals surface area contributed by atoms with Gasteiger partial charge in [-0.25, -0.2) is 23.4 Å². The molecule has 3 amide bonds. The first-order valence-corrected chi connectivity index (χ1v) is 10.6. The van der Waals surface area contributed by atoms with E-state index < -0.39 is 46.6 Å². The maximum absolute atomic E-state index is 14.8. The number of urea groups is 1. The summed E-state index contributed by atoms with van der Waals surface area (Å²) in [6.07, 6.45) is -0.953. The molecule has 0 aromatic heterocycles. The highest BCUT2D eigenvalue weighted by atomic mass is 32.2. The number of hydroxylamine groups is 2. The van der Waals surface area contributed by atoms with Gasteiger partial charge >= 0.3 is 12.1 Å². The van der Waals surface area contributed by atoms with Gasteiger partial charge in [-0.15, -0.1) is 0 Å². The molecule has 2 aliphatic heterocycles. The number of nitrogens with zero attached hydrogens (tertiary/aromatic N) is 3. The van der Waals surface area contributed by atoms with Crippen LogP contribution in [0.25, 0.3) is 0 Å². The normalized spacial score (nSPS) is 20.3. The summed E-state index contributed by atoms with van der Waals surface area (Å²) in [5.41, 5.74) is 4.72. The number of cyclic esters (lactones) is 1. The van der Waals surface area contributed by atoms with E-state index in [1.54, 1.807) is 0 Å². The summed E-state index contributed by atoms with van der Waals surface area (Å²) in [5.74, 6) is -1.86. The number of hydrogen-bond acceptors (Lipinski definition) is 8. The summed E-state index contributed by atoms with van der Waals surface area (Å²) >= 11 is 0. The summed E-state index contributed by atoms with van der Waals surface area (Å²) in [5, 5.41) is 0.906. The topological polar surface area (TPSA) is 132 Å². The van der Waals surface area contributed by atoms with E-state index in [2.05, 4.69) is 4.18 Å². The van der Waals surface area contributed by atoms with Gasteiger partial charge in [-0.3, -0.25) is 13.9 Å². The van der Waals surface area contributed by atoms with Gasteiger partial charge in [0.25, 0.3) is 10.1 Å². The molecule has 0 radical (unpaired) electrons. The fraction of sp³-hybridized carbons (Fsp3) is 0.500. The maximum atomic E-state index is 14.8. The zero-order chi connectivity index (χ0) is 22.1. The third-order valence-corrected chi connectivity index (χ3v) is 4.96. The van der Waals surface area contributed by atoms with Crippen LogP contribution in [0.2, 0.25) is 0 Å². The predicted octanol–water partition coefficient (Wildman–Crippen LogP) is 0.398. The van der Waals surface area contributed by atoms with Crippen LogP contribution in [0.15, 0.2) is 12.1 Å². The van der Waals surface area contributed by atoms with Crippen molar-refractivity contribution < 1.29 is 40.5 Å². The zero-order valence-electron chi connectivity index (χ0n) is 15.9. The highest BCUT2D eigenvalue weighted by molar-refractivity contribution is 7.85. The first-order chi connectivity index (χ1) is 14.0. The van der Waals surface area contributed by atoms with Gasteiger partial charge in [0.15, 0.2) is 11.6 Å². The van der Waals surface area contributed by atoms with Crippen LogP contribution in [0.3, 0.4) is 0 Å². The van der Waals surface area contributed by atoms with E-state index in [9.17, 15) is 26.8 Å². The Hall–Kier alpha value is -2.71. The molecule has 0 bridgehead atoms. The number of amides is 3. The molecule has 2 fully saturated rings. The molecule has 0 spiro atoms. The van der Waals surface area contributed by atoms with Crippen LogP contribution in [-0.2, 0) is 23.9 Å². The van der Waals surface area contributed by atoms with Gasteiger partial charge in [-0.1, -0.05) is 0 Å². The molecule has 166 valence electrons. The fourth-order valence-corrected chi connectivity index (χ4v) is 3.47. The van der Waals surface area contributed by atoms with Crippen molar-refractivity contribution in [1.29, 1.82) is 0 Å². The van der Waals surface area contributed by atoms with E-state index in [4.69, 9.17) is 15.3 Å². The molecule has 1 aromatic rings. The lowest BCUT2D eigenvalue weighted by Gasteiger charge is -2.24. The molecule has 3 rings (SSSR count). The quantitative estimate of drug-likeness (QED) is 0.638. The SMILES string of the molecule is CS(=O)(=O)OC[C@H]1CN(c2cc(F)c(N3CCON(C(N)=O)CC3)c(F)c2)C(=O)O1. The maximum Gasteiger partial charge on any atom is 0.414 e. The Morgan fingerprint density at radius 1 is 1.27 bits per heavy atom. The molecule has 1 aromatic carbocycles.